The van der Waals surface area contributed by atoms with Gasteiger partial charge in [0.15, 0.2) is 0 Å². The van der Waals surface area contributed by atoms with E-state index in [0.717, 1.165) is 30.0 Å². The van der Waals surface area contributed by atoms with Crippen molar-refractivity contribution in [2.45, 2.75) is 110 Å². The number of carbonyl (C=O) groups is 1. The third-order valence-electron chi connectivity index (χ3n) is 6.01. The van der Waals surface area contributed by atoms with Gasteiger partial charge in [-0.25, -0.2) is 5.43 Å². The van der Waals surface area contributed by atoms with Crippen LogP contribution in [-0.4, -0.2) is 11.6 Å². The van der Waals surface area contributed by atoms with Gasteiger partial charge in [0, 0.05) is 6.42 Å². The summed E-state index contributed by atoms with van der Waals surface area (Å²) < 4.78 is 0. The summed E-state index contributed by atoms with van der Waals surface area (Å²) in [5.41, 5.74) is 6.14. The van der Waals surface area contributed by atoms with E-state index in [2.05, 4.69) is 41.7 Å². The lowest BCUT2D eigenvalue weighted by atomic mass is 9.84. The van der Waals surface area contributed by atoms with Crippen LogP contribution in [0.4, 0.5) is 0 Å². The smallest absolute Gasteiger partial charge is 0.240 e. The molecule has 2 rings (SSSR count). The van der Waals surface area contributed by atoms with Crippen molar-refractivity contribution in [2.75, 3.05) is 0 Å². The highest BCUT2D eigenvalue weighted by Crippen LogP contribution is 2.32. The van der Waals surface area contributed by atoms with Crippen LogP contribution in [-0.2, 0) is 4.79 Å². The Labute approximate surface area is 172 Å². The molecule has 1 saturated carbocycles. The normalized spacial score (nSPS) is 15.6. The molecule has 0 atom stereocenters. The summed E-state index contributed by atoms with van der Waals surface area (Å²) in [7, 11) is 0. The summed E-state index contributed by atoms with van der Waals surface area (Å²) in [6, 6.07) is 8.78. The van der Waals surface area contributed by atoms with Crippen molar-refractivity contribution in [3.05, 3.63) is 35.4 Å². The Bertz CT molecular complexity index is 585. The predicted octanol–water partition coefficient (Wildman–Crippen LogP) is 7.11. The molecule has 0 heterocycles. The first-order valence-electron chi connectivity index (χ1n) is 11.6. The Hall–Kier alpha value is -1.64. The Morgan fingerprint density at radius 2 is 1.54 bits per heavy atom. The first kappa shape index (κ1) is 22.6. The molecule has 28 heavy (non-hydrogen) atoms. The third kappa shape index (κ3) is 8.58. The Morgan fingerprint density at radius 3 is 2.18 bits per heavy atom. The molecule has 1 aliphatic carbocycles. The summed E-state index contributed by atoms with van der Waals surface area (Å²) in [5, 5.41) is 4.30. The number of hydrazone groups is 1. The fraction of sp³-hybridized carbons (Fsp3) is 0.680. The second-order valence-corrected chi connectivity index (χ2v) is 8.41. The average Bonchev–Trinajstić information content (AvgIpc) is 2.74. The van der Waals surface area contributed by atoms with Crippen LogP contribution < -0.4 is 5.43 Å². The van der Waals surface area contributed by atoms with E-state index < -0.39 is 0 Å². The summed E-state index contributed by atoms with van der Waals surface area (Å²) in [6.07, 6.45) is 17.3. The quantitative estimate of drug-likeness (QED) is 0.233. The van der Waals surface area contributed by atoms with Crippen LogP contribution in [0.25, 0.3) is 0 Å². The topological polar surface area (TPSA) is 41.5 Å². The van der Waals surface area contributed by atoms with Gasteiger partial charge in [0.1, 0.15) is 0 Å². The first-order valence-corrected chi connectivity index (χ1v) is 11.6. The highest BCUT2D eigenvalue weighted by atomic mass is 16.2. The van der Waals surface area contributed by atoms with Crippen molar-refractivity contribution in [2.24, 2.45) is 5.10 Å². The molecule has 0 radical (unpaired) electrons. The Balaban J connectivity index is 1.65. The zero-order valence-corrected chi connectivity index (χ0v) is 18.1. The number of carbonyl (C=O) groups excluding carboxylic acids is 1. The molecule has 1 fully saturated rings. The lowest BCUT2D eigenvalue weighted by Crippen LogP contribution is -2.18. The van der Waals surface area contributed by atoms with Crippen molar-refractivity contribution in [3.63, 3.8) is 0 Å². The maximum Gasteiger partial charge on any atom is 0.240 e. The SMILES string of the molecule is CCCCCCCCCCC(=O)NN=C(C)c1ccc(C2CCCCC2)cc1. The highest BCUT2D eigenvalue weighted by molar-refractivity contribution is 5.99. The standard InChI is InChI=1S/C25H40N2O/c1-3-4-5-6-7-8-9-13-16-25(28)27-26-21(2)22-17-19-24(20-18-22)23-14-11-10-12-15-23/h17-20,23H,3-16H2,1-2H3,(H,27,28). The van der Waals surface area contributed by atoms with Gasteiger partial charge in [-0.05, 0) is 43.2 Å². The van der Waals surface area contributed by atoms with Crippen molar-refractivity contribution in [3.8, 4) is 0 Å². The van der Waals surface area contributed by atoms with E-state index >= 15 is 0 Å². The molecule has 0 unspecified atom stereocenters. The van der Waals surface area contributed by atoms with Crippen LogP contribution in [0, 0.1) is 0 Å². The minimum Gasteiger partial charge on any atom is -0.273 e. The predicted molar refractivity (Wildman–Crippen MR) is 120 cm³/mol. The summed E-state index contributed by atoms with van der Waals surface area (Å²) in [4.78, 5) is 12.0. The summed E-state index contributed by atoms with van der Waals surface area (Å²) >= 11 is 0. The molecule has 3 heteroatoms. The van der Waals surface area contributed by atoms with Gasteiger partial charge in [-0.2, -0.15) is 5.10 Å². The van der Waals surface area contributed by atoms with E-state index in [1.807, 2.05) is 6.92 Å². The molecule has 1 aromatic rings. The van der Waals surface area contributed by atoms with E-state index in [1.165, 1.54) is 76.2 Å². The molecule has 1 aliphatic rings. The lowest BCUT2D eigenvalue weighted by molar-refractivity contribution is -0.121. The molecule has 156 valence electrons. The van der Waals surface area contributed by atoms with E-state index in [1.54, 1.807) is 0 Å². The highest BCUT2D eigenvalue weighted by Gasteiger charge is 2.15. The molecule has 3 nitrogen and oxygen atoms in total. The van der Waals surface area contributed by atoms with E-state index in [4.69, 9.17) is 0 Å². The number of hydrogen-bond donors (Lipinski definition) is 1. The second kappa shape index (κ2) is 13.5. The molecule has 0 spiro atoms. The molecule has 1 amide bonds. The third-order valence-corrected chi connectivity index (χ3v) is 6.01. The first-order chi connectivity index (χ1) is 13.7. The van der Waals surface area contributed by atoms with Gasteiger partial charge in [0.2, 0.25) is 5.91 Å². The zero-order valence-electron chi connectivity index (χ0n) is 18.1. The molecule has 0 aliphatic heterocycles. The van der Waals surface area contributed by atoms with Gasteiger partial charge in [-0.15, -0.1) is 0 Å². The number of rotatable bonds is 12. The maximum atomic E-state index is 12.0. The molecule has 0 aromatic heterocycles. The number of nitrogens with one attached hydrogen (secondary N) is 1. The van der Waals surface area contributed by atoms with Gasteiger partial charge in [0.05, 0.1) is 5.71 Å². The molecule has 0 bridgehead atoms. The van der Waals surface area contributed by atoms with Gasteiger partial charge in [0.25, 0.3) is 0 Å². The Kier molecular flexibility index (Phi) is 10.9. The van der Waals surface area contributed by atoms with E-state index in [9.17, 15) is 4.79 Å². The number of benzene rings is 1. The molecular formula is C25H40N2O. The maximum absolute atomic E-state index is 12.0. The monoisotopic (exact) mass is 384 g/mol. The fourth-order valence-electron chi connectivity index (χ4n) is 4.12. The van der Waals surface area contributed by atoms with Crippen LogP contribution in [0.1, 0.15) is 121 Å². The molecule has 1 N–H and O–H groups in total. The van der Waals surface area contributed by atoms with Crippen LogP contribution in [0.3, 0.4) is 0 Å². The van der Waals surface area contributed by atoms with Crippen LogP contribution in [0.5, 0.6) is 0 Å². The van der Waals surface area contributed by atoms with Crippen molar-refractivity contribution < 1.29 is 4.79 Å². The minimum atomic E-state index is 0.0316. The summed E-state index contributed by atoms with van der Waals surface area (Å²) in [6.45, 7) is 4.21. The van der Waals surface area contributed by atoms with Crippen LogP contribution >= 0.6 is 0 Å². The van der Waals surface area contributed by atoms with Crippen LogP contribution in [0.2, 0.25) is 0 Å². The zero-order chi connectivity index (χ0) is 20.0. The second-order valence-electron chi connectivity index (χ2n) is 8.41. The van der Waals surface area contributed by atoms with Crippen molar-refractivity contribution in [1.82, 2.24) is 5.43 Å². The summed E-state index contributed by atoms with van der Waals surface area (Å²) in [5.74, 6) is 0.760. The Morgan fingerprint density at radius 1 is 0.929 bits per heavy atom. The average molecular weight is 385 g/mol. The fourth-order valence-corrected chi connectivity index (χ4v) is 4.12. The van der Waals surface area contributed by atoms with E-state index in [0.29, 0.717) is 6.42 Å². The largest absolute Gasteiger partial charge is 0.273 e. The van der Waals surface area contributed by atoms with Gasteiger partial charge >= 0.3 is 0 Å². The number of unbranched alkanes of at least 4 members (excludes halogenated alkanes) is 7. The van der Waals surface area contributed by atoms with Gasteiger partial charge < -0.3 is 0 Å². The number of hydrogen-bond acceptors (Lipinski definition) is 2. The molecular weight excluding hydrogens is 344 g/mol. The van der Waals surface area contributed by atoms with Crippen molar-refractivity contribution in [1.29, 1.82) is 0 Å². The van der Waals surface area contributed by atoms with Crippen LogP contribution in [0.15, 0.2) is 29.4 Å². The molecule has 1 aromatic carbocycles. The van der Waals surface area contributed by atoms with Crippen molar-refractivity contribution >= 4 is 11.6 Å². The van der Waals surface area contributed by atoms with E-state index in [-0.39, 0.29) is 5.91 Å². The number of amides is 1. The van der Waals surface area contributed by atoms with Gasteiger partial charge in [-0.1, -0.05) is 95.4 Å². The minimum absolute atomic E-state index is 0.0316. The lowest BCUT2D eigenvalue weighted by Gasteiger charge is -2.22. The molecule has 0 saturated heterocycles. The number of nitrogens with zero attached hydrogens (tertiary/aromatic N) is 1. The van der Waals surface area contributed by atoms with Gasteiger partial charge in [-0.3, -0.25) is 4.79 Å².